The van der Waals surface area contributed by atoms with E-state index in [9.17, 15) is 0 Å². The molecule has 1 heteroatoms. The normalized spacial score (nSPS) is 14.4. The van der Waals surface area contributed by atoms with Crippen molar-refractivity contribution in [2.45, 2.75) is 6.92 Å². The lowest BCUT2D eigenvalue weighted by Crippen LogP contribution is -2.20. The highest BCUT2D eigenvalue weighted by atomic mass is 14.6. The molecule has 0 unspecified atom stereocenters. The predicted molar refractivity (Wildman–Crippen MR) is 54.0 cm³/mol. The van der Waals surface area contributed by atoms with E-state index in [0.29, 0.717) is 0 Å². The van der Waals surface area contributed by atoms with Crippen LogP contribution in [-0.2, 0) is 0 Å². The molecule has 0 aromatic carbocycles. The molecule has 0 radical (unpaired) electrons. The Morgan fingerprint density at radius 1 is 1.42 bits per heavy atom. The monoisotopic (exact) mass is 159 g/mol. The van der Waals surface area contributed by atoms with E-state index in [4.69, 9.17) is 0 Å². The Morgan fingerprint density at radius 2 is 2.25 bits per heavy atom. The summed E-state index contributed by atoms with van der Waals surface area (Å²) in [6.07, 6.45) is 11.7. The summed E-state index contributed by atoms with van der Waals surface area (Å²) in [5, 5.41) is 2.36. The lowest BCUT2D eigenvalue weighted by Gasteiger charge is -1.75. The molecule has 62 valence electrons. The van der Waals surface area contributed by atoms with Gasteiger partial charge >= 0.3 is 0 Å². The van der Waals surface area contributed by atoms with Crippen molar-refractivity contribution >= 4 is 12.2 Å². The predicted octanol–water partition coefficient (Wildman–Crippen LogP) is 1.34. The molecule has 0 saturated heterocycles. The molecule has 0 bridgehead atoms. The number of aromatic nitrogens is 1. The second kappa shape index (κ2) is 4.39. The molecular formula is C11H13N. The molecule has 12 heavy (non-hydrogen) atoms. The highest BCUT2D eigenvalue weighted by Crippen LogP contribution is 1.74. The Hall–Kier alpha value is -1.50. The summed E-state index contributed by atoms with van der Waals surface area (Å²) >= 11 is 0. The van der Waals surface area contributed by atoms with Gasteiger partial charge in [0.1, 0.15) is 0 Å². The molecule has 0 amide bonds. The summed E-state index contributed by atoms with van der Waals surface area (Å²) in [5.41, 5.74) is 0. The van der Waals surface area contributed by atoms with Crippen LogP contribution in [0.4, 0.5) is 0 Å². The maximum absolute atomic E-state index is 3.60. The van der Waals surface area contributed by atoms with Gasteiger partial charge in [-0.2, -0.15) is 0 Å². The topological polar surface area (TPSA) is 15.8 Å². The van der Waals surface area contributed by atoms with Crippen LogP contribution in [0.1, 0.15) is 6.92 Å². The third-order valence-corrected chi connectivity index (χ3v) is 1.62. The molecule has 0 aliphatic carbocycles. The zero-order valence-corrected chi connectivity index (χ0v) is 7.25. The van der Waals surface area contributed by atoms with Gasteiger partial charge < -0.3 is 4.98 Å². The molecule has 0 saturated carbocycles. The van der Waals surface area contributed by atoms with E-state index in [0.717, 1.165) is 5.35 Å². The van der Waals surface area contributed by atoms with Crippen LogP contribution in [0.2, 0.25) is 0 Å². The van der Waals surface area contributed by atoms with Crippen LogP contribution in [0.15, 0.2) is 37.1 Å². The maximum Gasteiger partial charge on any atom is 0.0410 e. The minimum absolute atomic E-state index is 1.16. The van der Waals surface area contributed by atoms with Gasteiger partial charge in [0.15, 0.2) is 0 Å². The minimum atomic E-state index is 1.16. The summed E-state index contributed by atoms with van der Waals surface area (Å²) < 4.78 is 0. The van der Waals surface area contributed by atoms with Crippen molar-refractivity contribution in [1.82, 2.24) is 4.98 Å². The van der Waals surface area contributed by atoms with Crippen molar-refractivity contribution in [1.29, 1.82) is 0 Å². The van der Waals surface area contributed by atoms with E-state index in [-0.39, 0.29) is 0 Å². The average molecular weight is 159 g/mol. The highest BCUT2D eigenvalue weighted by molar-refractivity contribution is 5.38. The van der Waals surface area contributed by atoms with Crippen molar-refractivity contribution in [3.63, 3.8) is 0 Å². The van der Waals surface area contributed by atoms with Crippen LogP contribution in [0, 0.1) is 0 Å². The van der Waals surface area contributed by atoms with Crippen molar-refractivity contribution in [3.05, 3.63) is 47.6 Å². The van der Waals surface area contributed by atoms with Crippen molar-refractivity contribution in [2.75, 3.05) is 0 Å². The fourth-order valence-corrected chi connectivity index (χ4v) is 1.03. The molecule has 1 nitrogen and oxygen atoms in total. The number of allylic oxidation sites excluding steroid dienone is 3. The second-order valence-corrected chi connectivity index (χ2v) is 2.42. The number of hydrogen-bond acceptors (Lipinski definition) is 0. The van der Waals surface area contributed by atoms with E-state index in [1.54, 1.807) is 6.08 Å². The lowest BCUT2D eigenvalue weighted by atomic mass is 10.3. The molecule has 0 spiro atoms. The zero-order chi connectivity index (χ0) is 8.81. The van der Waals surface area contributed by atoms with Gasteiger partial charge in [-0.1, -0.05) is 37.0 Å². The fourth-order valence-electron chi connectivity index (χ4n) is 1.03. The van der Waals surface area contributed by atoms with Crippen molar-refractivity contribution in [2.24, 2.45) is 0 Å². The highest BCUT2D eigenvalue weighted by Gasteiger charge is 1.80. The molecule has 1 N–H and O–H groups in total. The van der Waals surface area contributed by atoms with E-state index < -0.39 is 0 Å². The summed E-state index contributed by atoms with van der Waals surface area (Å²) in [5.74, 6) is 0. The van der Waals surface area contributed by atoms with Gasteiger partial charge in [-0.15, -0.1) is 0 Å². The SMILES string of the molecule is C=C/C=C/C=c1/cc[nH]/c1=C/C. The van der Waals surface area contributed by atoms with Crippen LogP contribution >= 0.6 is 0 Å². The first kappa shape index (κ1) is 8.60. The molecule has 0 atom stereocenters. The van der Waals surface area contributed by atoms with Crippen LogP contribution in [0.25, 0.3) is 12.2 Å². The molecule has 1 aromatic rings. The quantitative estimate of drug-likeness (QED) is 0.627. The Labute approximate surface area is 72.4 Å². The van der Waals surface area contributed by atoms with Gasteiger partial charge in [-0.25, -0.2) is 0 Å². The molecule has 0 fully saturated rings. The van der Waals surface area contributed by atoms with Crippen LogP contribution in [-0.4, -0.2) is 4.98 Å². The second-order valence-electron chi connectivity index (χ2n) is 2.42. The number of rotatable bonds is 2. The fraction of sp³-hybridized carbons (Fsp3) is 0.0909. The molecule has 1 rings (SSSR count). The average Bonchev–Trinajstić information content (AvgIpc) is 2.52. The Morgan fingerprint density at radius 3 is 2.92 bits per heavy atom. The number of H-pyrrole nitrogens is 1. The number of aromatic amines is 1. The number of hydrogen-bond donors (Lipinski definition) is 1. The molecule has 1 heterocycles. The van der Waals surface area contributed by atoms with Gasteiger partial charge in [-0.3, -0.25) is 0 Å². The molecule has 0 aliphatic heterocycles. The third-order valence-electron chi connectivity index (χ3n) is 1.62. The molecular weight excluding hydrogens is 146 g/mol. The smallest absolute Gasteiger partial charge is 0.0410 e. The van der Waals surface area contributed by atoms with Gasteiger partial charge in [-0.05, 0) is 18.2 Å². The maximum atomic E-state index is 3.60. The first-order valence-electron chi connectivity index (χ1n) is 3.97. The van der Waals surface area contributed by atoms with E-state index in [1.807, 2.05) is 43.5 Å². The van der Waals surface area contributed by atoms with Crippen LogP contribution < -0.4 is 10.6 Å². The minimum Gasteiger partial charge on any atom is -0.361 e. The molecule has 1 aromatic heterocycles. The lowest BCUT2D eigenvalue weighted by molar-refractivity contribution is 1.31. The van der Waals surface area contributed by atoms with Gasteiger partial charge in [0.2, 0.25) is 0 Å². The zero-order valence-electron chi connectivity index (χ0n) is 7.25. The van der Waals surface area contributed by atoms with Crippen molar-refractivity contribution in [3.8, 4) is 0 Å². The largest absolute Gasteiger partial charge is 0.361 e. The van der Waals surface area contributed by atoms with Gasteiger partial charge in [0.05, 0.1) is 0 Å². The summed E-state index contributed by atoms with van der Waals surface area (Å²) in [6, 6.07) is 2.04. The van der Waals surface area contributed by atoms with Gasteiger partial charge in [0.25, 0.3) is 0 Å². The standard InChI is InChI=1S/C11H13N/c1-3-5-6-7-10-8-9-12-11(10)4-2/h3-9,12H,1H2,2H3/b6-5+,10-7-,11-4+. The summed E-state index contributed by atoms with van der Waals surface area (Å²) in [4.78, 5) is 3.14. The Kier molecular flexibility index (Phi) is 3.15. The molecule has 0 aliphatic rings. The Bertz CT molecular complexity index is 379. The first-order valence-corrected chi connectivity index (χ1v) is 3.97. The summed E-state index contributed by atoms with van der Waals surface area (Å²) in [7, 11) is 0. The first-order chi connectivity index (χ1) is 5.88. The van der Waals surface area contributed by atoms with E-state index in [2.05, 4.69) is 11.6 Å². The van der Waals surface area contributed by atoms with E-state index >= 15 is 0 Å². The van der Waals surface area contributed by atoms with Crippen LogP contribution in [0.3, 0.4) is 0 Å². The van der Waals surface area contributed by atoms with Crippen LogP contribution in [0.5, 0.6) is 0 Å². The Balaban J connectivity index is 3.10. The third kappa shape index (κ3) is 1.99. The van der Waals surface area contributed by atoms with Gasteiger partial charge in [0, 0.05) is 11.5 Å². The van der Waals surface area contributed by atoms with Crippen molar-refractivity contribution < 1.29 is 0 Å². The van der Waals surface area contributed by atoms with E-state index in [1.165, 1.54) is 5.22 Å². The number of nitrogens with one attached hydrogen (secondary N) is 1. The summed E-state index contributed by atoms with van der Waals surface area (Å²) in [6.45, 7) is 5.61.